The van der Waals surface area contributed by atoms with Crippen LogP contribution in [0.5, 0.6) is 0 Å². The van der Waals surface area contributed by atoms with Gasteiger partial charge in [0.2, 0.25) is 11.8 Å². The van der Waals surface area contributed by atoms with Crippen LogP contribution in [0.2, 0.25) is 0 Å². The Hall–Kier alpha value is -7.28. The summed E-state index contributed by atoms with van der Waals surface area (Å²) in [4.78, 5) is 77.0. The van der Waals surface area contributed by atoms with Gasteiger partial charge < -0.3 is 54.8 Å². The van der Waals surface area contributed by atoms with Crippen molar-refractivity contribution in [1.82, 2.24) is 40.4 Å². The van der Waals surface area contributed by atoms with E-state index < -0.39 is 35.9 Å². The van der Waals surface area contributed by atoms with Gasteiger partial charge >= 0.3 is 12.2 Å². The van der Waals surface area contributed by atoms with E-state index >= 15 is 8.78 Å². The summed E-state index contributed by atoms with van der Waals surface area (Å²) in [5.41, 5.74) is 6.44. The molecule has 6 atom stereocenters. The molecule has 406 valence electrons. The second kappa shape index (κ2) is 22.0. The number of nitrogens with one attached hydrogen (secondary N) is 4. The number of ether oxygens (including phenoxy) is 2. The molecule has 5 aliphatic heterocycles. The molecule has 19 heteroatoms. The second-order valence-electron chi connectivity index (χ2n) is 21.9. The number of imidazole rings is 2. The van der Waals surface area contributed by atoms with E-state index in [-0.39, 0.29) is 53.5 Å². The summed E-state index contributed by atoms with van der Waals surface area (Å²) in [7, 11) is 1.27. The first-order chi connectivity index (χ1) is 37.3. The zero-order valence-corrected chi connectivity index (χ0v) is 43.9. The zero-order chi connectivity index (χ0) is 53.5. The molecule has 5 saturated heterocycles. The molecule has 0 unspecified atom stereocenters. The molecule has 4 aromatic carbocycles. The van der Waals surface area contributed by atoms with Gasteiger partial charge in [0.05, 0.1) is 53.3 Å². The van der Waals surface area contributed by atoms with Gasteiger partial charge in [0.25, 0.3) is 0 Å². The third-order valence-corrected chi connectivity index (χ3v) is 17.0. The van der Waals surface area contributed by atoms with Crippen LogP contribution in [0.25, 0.3) is 22.1 Å². The van der Waals surface area contributed by atoms with Crippen molar-refractivity contribution < 1.29 is 42.5 Å². The van der Waals surface area contributed by atoms with Crippen LogP contribution in [0.3, 0.4) is 0 Å². The van der Waals surface area contributed by atoms with Crippen LogP contribution in [0.4, 0.5) is 29.7 Å². The van der Waals surface area contributed by atoms with Crippen LogP contribution in [-0.2, 0) is 19.1 Å². The number of carbonyl (C=O) groups excluding carboxylic acids is 3. The minimum absolute atomic E-state index is 0.0112. The van der Waals surface area contributed by atoms with Gasteiger partial charge in [-0.3, -0.25) is 9.59 Å². The maximum atomic E-state index is 16.9. The molecule has 5 fully saturated rings. The van der Waals surface area contributed by atoms with Crippen molar-refractivity contribution in [3.05, 3.63) is 119 Å². The quantitative estimate of drug-likeness (QED) is 0.0737. The van der Waals surface area contributed by atoms with Crippen molar-refractivity contribution in [2.75, 3.05) is 56.3 Å². The molecule has 0 saturated carbocycles. The predicted octanol–water partition coefficient (Wildman–Crippen LogP) is 9.95. The molecule has 17 nitrogen and oxygen atoms in total. The minimum atomic E-state index is -1.24. The lowest BCUT2D eigenvalue weighted by molar-refractivity contribution is -0.137. The van der Waals surface area contributed by atoms with Crippen molar-refractivity contribution in [3.8, 4) is 0 Å². The first-order valence-electron chi connectivity index (χ1n) is 27.4. The minimum Gasteiger partial charge on any atom is -0.465 e. The molecule has 5 aliphatic rings. The van der Waals surface area contributed by atoms with Gasteiger partial charge in [-0.05, 0) is 135 Å². The Morgan fingerprint density at radius 2 is 1.23 bits per heavy atom. The number of carbonyl (C=O) groups is 4. The Balaban J connectivity index is 0.902. The van der Waals surface area contributed by atoms with Gasteiger partial charge in [0, 0.05) is 45.1 Å². The Labute approximate surface area is 446 Å². The highest BCUT2D eigenvalue weighted by molar-refractivity contribution is 5.87. The molecular formula is C58H68F2N10O7. The third-order valence-electron chi connectivity index (χ3n) is 17.0. The SMILES string of the molecule is COC(=O)N[C@H](C(=O)N1CCC[C@H]1c1nc2ccc([C@H]3CC[C@H](c4ccc5nc([C@@H]6CCCN6C(=O)[C@@H](NC(=O)O)C6CCOCC6)[nH]c5c4)N3c3cc(F)c(N4CCC(c5ccccc5)CC4)c(F)c3)cc2[nH]1)C(C)C. The number of halogens is 2. The summed E-state index contributed by atoms with van der Waals surface area (Å²) in [6.07, 6.45) is 5.00. The number of piperidine rings is 1. The number of likely N-dealkylation sites (tertiary alicyclic amines) is 2. The molecule has 77 heavy (non-hydrogen) atoms. The first kappa shape index (κ1) is 51.8. The lowest BCUT2D eigenvalue weighted by atomic mass is 9.89. The molecule has 4 amide bonds. The highest BCUT2D eigenvalue weighted by Crippen LogP contribution is 2.49. The summed E-state index contributed by atoms with van der Waals surface area (Å²) in [6, 6.07) is 22.3. The largest absolute Gasteiger partial charge is 0.465 e. The van der Waals surface area contributed by atoms with E-state index in [0.29, 0.717) is 107 Å². The molecule has 11 rings (SSSR count). The number of aromatic amines is 2. The van der Waals surface area contributed by atoms with Crippen molar-refractivity contribution in [2.45, 2.75) is 120 Å². The molecule has 7 heterocycles. The summed E-state index contributed by atoms with van der Waals surface area (Å²) in [5.74, 6) is -0.472. The van der Waals surface area contributed by atoms with Crippen LogP contribution in [-0.4, -0.2) is 117 Å². The van der Waals surface area contributed by atoms with Gasteiger partial charge in [-0.15, -0.1) is 0 Å². The molecule has 0 bridgehead atoms. The fourth-order valence-corrected chi connectivity index (χ4v) is 13.1. The van der Waals surface area contributed by atoms with Crippen molar-refractivity contribution in [3.63, 3.8) is 0 Å². The normalized spacial score (nSPS) is 22.3. The van der Waals surface area contributed by atoms with Crippen LogP contribution in [0, 0.1) is 23.5 Å². The third kappa shape index (κ3) is 10.4. The number of H-pyrrole nitrogens is 2. The molecule has 5 N–H and O–H groups in total. The molecule has 6 aromatic rings. The zero-order valence-electron chi connectivity index (χ0n) is 43.9. The van der Waals surface area contributed by atoms with E-state index in [4.69, 9.17) is 19.4 Å². The number of alkyl carbamates (subject to hydrolysis) is 1. The maximum Gasteiger partial charge on any atom is 0.407 e. The summed E-state index contributed by atoms with van der Waals surface area (Å²) >= 11 is 0. The van der Waals surface area contributed by atoms with E-state index in [2.05, 4.69) is 43.7 Å². The van der Waals surface area contributed by atoms with Crippen molar-refractivity contribution in [1.29, 1.82) is 0 Å². The summed E-state index contributed by atoms with van der Waals surface area (Å²) < 4.78 is 44.1. The van der Waals surface area contributed by atoms with Gasteiger partial charge in [0.1, 0.15) is 29.4 Å². The maximum absolute atomic E-state index is 16.9. The number of hydrogen-bond donors (Lipinski definition) is 5. The predicted molar refractivity (Wildman–Crippen MR) is 286 cm³/mol. The monoisotopic (exact) mass is 1050 g/mol. The van der Waals surface area contributed by atoms with E-state index in [1.54, 1.807) is 9.80 Å². The van der Waals surface area contributed by atoms with Gasteiger partial charge in [-0.1, -0.05) is 56.3 Å². The fourth-order valence-electron chi connectivity index (χ4n) is 13.1. The van der Waals surface area contributed by atoms with Gasteiger partial charge in [-0.25, -0.2) is 28.3 Å². The van der Waals surface area contributed by atoms with Crippen LogP contribution >= 0.6 is 0 Å². The highest BCUT2D eigenvalue weighted by atomic mass is 19.1. The van der Waals surface area contributed by atoms with Crippen molar-refractivity contribution >= 4 is 57.4 Å². The fraction of sp³-hybridized carbons (Fsp3) is 0.483. The number of nitrogens with zero attached hydrogens (tertiary/aromatic N) is 6. The smallest absolute Gasteiger partial charge is 0.407 e. The van der Waals surface area contributed by atoms with Gasteiger partial charge in [0.15, 0.2) is 11.6 Å². The summed E-state index contributed by atoms with van der Waals surface area (Å²) in [5, 5.41) is 15.0. The average Bonchev–Trinajstić information content (AvgIpc) is 4.31. The molecule has 0 spiro atoms. The van der Waals surface area contributed by atoms with Crippen molar-refractivity contribution in [2.24, 2.45) is 11.8 Å². The molecular weight excluding hydrogens is 987 g/mol. The number of methoxy groups -OCH3 is 1. The van der Waals surface area contributed by atoms with Crippen LogP contribution < -0.4 is 20.4 Å². The number of aromatic nitrogens is 4. The second-order valence-corrected chi connectivity index (χ2v) is 21.9. The number of benzene rings is 4. The first-order valence-corrected chi connectivity index (χ1v) is 27.4. The Morgan fingerprint density at radius 1 is 0.675 bits per heavy atom. The van der Waals surface area contributed by atoms with E-state index in [9.17, 15) is 24.3 Å². The standard InChI is InChI=1S/C58H68F2N10O7/c1-33(2)50(66-58(75)76-3)55(71)68-23-7-11-48(68)53-61-42-15-13-37(29-44(42)63-53)46-17-18-47(70(46)39-31-40(59)52(41(60)32-39)67-25-19-35(20-26-67)34-9-5-4-6-10-34)38-14-16-43-45(30-38)64-54(62-43)49-12-8-24-69(49)56(72)51(65-57(73)74)36-21-27-77-28-22-36/h4-6,9-10,13-16,29-33,35-36,46-51,65H,7-8,11-12,17-28H2,1-3H3,(H,61,63)(H,62,64)(H,66,75)(H,73,74)/t46-,47-,48+,49+,50+,51+/m1/s1. The van der Waals surface area contributed by atoms with E-state index in [1.165, 1.54) is 24.8 Å². The number of amides is 4. The highest BCUT2D eigenvalue weighted by Gasteiger charge is 2.42. The van der Waals surface area contributed by atoms with E-state index in [1.807, 2.05) is 67.3 Å². The molecule has 0 radical (unpaired) electrons. The van der Waals surface area contributed by atoms with Crippen LogP contribution in [0.15, 0.2) is 78.9 Å². The van der Waals surface area contributed by atoms with Crippen LogP contribution in [0.1, 0.15) is 136 Å². The number of hydrogen-bond acceptors (Lipinski definition) is 10. The number of fused-ring (bicyclic) bond motifs is 2. The number of carboxylic acid groups (broad SMARTS) is 1. The molecule has 2 aromatic heterocycles. The Bertz CT molecular complexity index is 3110. The van der Waals surface area contributed by atoms with E-state index in [0.717, 1.165) is 53.4 Å². The number of anilines is 2. The number of rotatable bonds is 13. The van der Waals surface area contributed by atoms with Gasteiger partial charge in [-0.2, -0.15) is 0 Å². The lowest BCUT2D eigenvalue weighted by Gasteiger charge is -2.36. The topological polar surface area (TPSA) is 201 Å². The average molecular weight is 1060 g/mol. The lowest BCUT2D eigenvalue weighted by Crippen LogP contribution is -2.52. The molecule has 0 aliphatic carbocycles. The Morgan fingerprint density at radius 3 is 1.77 bits per heavy atom. The summed E-state index contributed by atoms with van der Waals surface area (Å²) in [6.45, 7) is 6.75. The Kier molecular flexibility index (Phi) is 14.8.